The molecule has 0 aliphatic carbocycles. The molecule has 3 atom stereocenters. The molecule has 0 aromatic heterocycles. The molecule has 0 spiro atoms. The van der Waals surface area contributed by atoms with Crippen LogP contribution < -0.4 is 5.32 Å². The maximum absolute atomic E-state index is 13.5. The van der Waals surface area contributed by atoms with Crippen molar-refractivity contribution in [3.63, 3.8) is 0 Å². The fourth-order valence-corrected chi connectivity index (χ4v) is 1.89. The van der Waals surface area contributed by atoms with Crippen molar-refractivity contribution < 1.29 is 13.2 Å². The summed E-state index contributed by atoms with van der Waals surface area (Å²) < 4.78 is 39.2. The van der Waals surface area contributed by atoms with Crippen molar-refractivity contribution >= 4 is 0 Å². The summed E-state index contributed by atoms with van der Waals surface area (Å²) in [6.45, 7) is 0.0171. The summed E-state index contributed by atoms with van der Waals surface area (Å²) in [4.78, 5) is 0. The van der Waals surface area contributed by atoms with Crippen LogP contribution in [0.25, 0.3) is 0 Å². The van der Waals surface area contributed by atoms with Crippen LogP contribution in [-0.4, -0.2) is 19.0 Å². The molecule has 1 fully saturated rings. The zero-order chi connectivity index (χ0) is 10.8. The molecule has 0 amide bonds. The number of hydrogen-bond donors (Lipinski definition) is 1. The van der Waals surface area contributed by atoms with E-state index in [0.29, 0.717) is 5.56 Å². The van der Waals surface area contributed by atoms with Crippen LogP contribution in [-0.2, 0) is 0 Å². The minimum atomic E-state index is -1.17. The first-order valence-electron chi connectivity index (χ1n) is 4.94. The van der Waals surface area contributed by atoms with E-state index in [4.69, 9.17) is 0 Å². The lowest BCUT2D eigenvalue weighted by Crippen LogP contribution is -2.41. The number of piperidine rings is 1. The Hall–Kier alpha value is -1.03. The third-order valence-corrected chi connectivity index (χ3v) is 2.73. The zero-order valence-corrected chi connectivity index (χ0v) is 8.09. The summed E-state index contributed by atoms with van der Waals surface area (Å²) in [5, 5.41) is 2.43. The van der Waals surface area contributed by atoms with E-state index in [1.165, 1.54) is 24.3 Å². The molecule has 0 bridgehead atoms. The molecule has 1 aromatic carbocycles. The topological polar surface area (TPSA) is 12.0 Å². The SMILES string of the molecule is Fc1ccc(C2CC(F)NCC2F)cc1. The minimum absolute atomic E-state index is 0.0171. The molecular formula is C11H12F3N. The van der Waals surface area contributed by atoms with Crippen LogP contribution in [0, 0.1) is 5.82 Å². The van der Waals surface area contributed by atoms with Gasteiger partial charge in [0, 0.05) is 18.9 Å². The van der Waals surface area contributed by atoms with Crippen LogP contribution >= 0.6 is 0 Å². The van der Waals surface area contributed by atoms with Crippen LogP contribution in [0.1, 0.15) is 17.9 Å². The number of hydrogen-bond acceptors (Lipinski definition) is 1. The molecule has 1 aromatic rings. The second-order valence-corrected chi connectivity index (χ2v) is 3.79. The van der Waals surface area contributed by atoms with Gasteiger partial charge in [0.1, 0.15) is 12.0 Å². The Morgan fingerprint density at radius 3 is 2.47 bits per heavy atom. The van der Waals surface area contributed by atoms with Crippen molar-refractivity contribution in [1.29, 1.82) is 0 Å². The van der Waals surface area contributed by atoms with Crippen LogP contribution in [0.2, 0.25) is 0 Å². The second kappa shape index (κ2) is 4.23. The van der Waals surface area contributed by atoms with Crippen LogP contribution in [0.4, 0.5) is 13.2 Å². The highest BCUT2D eigenvalue weighted by Gasteiger charge is 2.31. The Balaban J connectivity index is 2.17. The van der Waals surface area contributed by atoms with Crippen molar-refractivity contribution in [1.82, 2.24) is 5.32 Å². The molecule has 1 aliphatic rings. The summed E-state index contributed by atoms with van der Waals surface area (Å²) in [6, 6.07) is 5.59. The van der Waals surface area contributed by atoms with E-state index in [-0.39, 0.29) is 18.8 Å². The summed E-state index contributed by atoms with van der Waals surface area (Å²) in [5.41, 5.74) is 0.660. The lowest BCUT2D eigenvalue weighted by Gasteiger charge is -2.29. The van der Waals surface area contributed by atoms with Gasteiger partial charge in [0.25, 0.3) is 0 Å². The first-order chi connectivity index (χ1) is 7.16. The molecule has 1 aliphatic heterocycles. The molecule has 1 N–H and O–H groups in total. The Morgan fingerprint density at radius 2 is 1.80 bits per heavy atom. The van der Waals surface area contributed by atoms with Gasteiger partial charge in [-0.15, -0.1) is 0 Å². The molecule has 0 saturated carbocycles. The zero-order valence-electron chi connectivity index (χ0n) is 8.09. The summed E-state index contributed by atoms with van der Waals surface area (Å²) >= 11 is 0. The number of benzene rings is 1. The predicted molar refractivity (Wildman–Crippen MR) is 51.6 cm³/mol. The average molecular weight is 215 g/mol. The molecule has 1 saturated heterocycles. The fraction of sp³-hybridized carbons (Fsp3) is 0.455. The van der Waals surface area contributed by atoms with E-state index < -0.39 is 18.4 Å². The molecule has 4 heteroatoms. The van der Waals surface area contributed by atoms with Gasteiger partial charge in [-0.2, -0.15) is 0 Å². The van der Waals surface area contributed by atoms with Crippen LogP contribution in [0.15, 0.2) is 24.3 Å². The largest absolute Gasteiger partial charge is 0.285 e. The van der Waals surface area contributed by atoms with Gasteiger partial charge in [-0.3, -0.25) is 5.32 Å². The smallest absolute Gasteiger partial charge is 0.151 e. The number of halogens is 3. The van der Waals surface area contributed by atoms with Crippen molar-refractivity contribution in [3.05, 3.63) is 35.6 Å². The molecule has 1 nitrogen and oxygen atoms in total. The third kappa shape index (κ3) is 2.31. The van der Waals surface area contributed by atoms with Crippen LogP contribution in [0.5, 0.6) is 0 Å². The van der Waals surface area contributed by atoms with Gasteiger partial charge in [0.15, 0.2) is 6.30 Å². The molecular weight excluding hydrogens is 203 g/mol. The van der Waals surface area contributed by atoms with Crippen molar-refractivity contribution in [2.24, 2.45) is 0 Å². The normalized spacial score (nSPS) is 31.5. The highest BCUT2D eigenvalue weighted by Crippen LogP contribution is 2.30. The molecule has 1 heterocycles. The van der Waals surface area contributed by atoms with E-state index in [9.17, 15) is 13.2 Å². The number of alkyl halides is 2. The molecule has 3 unspecified atom stereocenters. The highest BCUT2D eigenvalue weighted by atomic mass is 19.1. The third-order valence-electron chi connectivity index (χ3n) is 2.73. The second-order valence-electron chi connectivity index (χ2n) is 3.79. The average Bonchev–Trinajstić information content (AvgIpc) is 2.23. The Morgan fingerprint density at radius 1 is 1.13 bits per heavy atom. The van der Waals surface area contributed by atoms with E-state index in [1.54, 1.807) is 0 Å². The van der Waals surface area contributed by atoms with E-state index in [0.717, 1.165) is 0 Å². The van der Waals surface area contributed by atoms with Crippen molar-refractivity contribution in [2.45, 2.75) is 24.8 Å². The van der Waals surface area contributed by atoms with E-state index in [1.807, 2.05) is 0 Å². The van der Waals surface area contributed by atoms with Gasteiger partial charge in [-0.1, -0.05) is 12.1 Å². The first kappa shape index (κ1) is 10.5. The maximum atomic E-state index is 13.5. The van der Waals surface area contributed by atoms with Crippen LogP contribution in [0.3, 0.4) is 0 Å². The quantitative estimate of drug-likeness (QED) is 0.710. The highest BCUT2D eigenvalue weighted by molar-refractivity contribution is 5.22. The van der Waals surface area contributed by atoms with Gasteiger partial charge >= 0.3 is 0 Å². The maximum Gasteiger partial charge on any atom is 0.151 e. The summed E-state index contributed by atoms with van der Waals surface area (Å²) in [5.74, 6) is -0.832. The van der Waals surface area contributed by atoms with Gasteiger partial charge in [0.2, 0.25) is 0 Å². The Bertz CT molecular complexity index is 325. The van der Waals surface area contributed by atoms with Gasteiger partial charge in [0.05, 0.1) is 0 Å². The number of nitrogens with one attached hydrogen (secondary N) is 1. The Kier molecular flexibility index (Phi) is 2.95. The monoisotopic (exact) mass is 215 g/mol. The lowest BCUT2D eigenvalue weighted by atomic mass is 9.88. The lowest BCUT2D eigenvalue weighted by molar-refractivity contribution is 0.132. The van der Waals surface area contributed by atoms with E-state index >= 15 is 0 Å². The Labute approximate surface area is 86.3 Å². The van der Waals surface area contributed by atoms with Gasteiger partial charge in [-0.05, 0) is 17.7 Å². The standard InChI is InChI=1S/C11H12F3N/c12-8-3-1-7(2-4-8)9-5-11(14)15-6-10(9)13/h1-4,9-11,15H,5-6H2. The van der Waals surface area contributed by atoms with Gasteiger partial charge in [-0.25, -0.2) is 13.2 Å². The van der Waals surface area contributed by atoms with Crippen molar-refractivity contribution in [3.8, 4) is 0 Å². The molecule has 0 radical (unpaired) electrons. The van der Waals surface area contributed by atoms with Crippen molar-refractivity contribution in [2.75, 3.05) is 6.54 Å². The fourth-order valence-electron chi connectivity index (χ4n) is 1.89. The predicted octanol–water partition coefficient (Wildman–Crippen LogP) is 2.54. The van der Waals surface area contributed by atoms with Gasteiger partial charge < -0.3 is 0 Å². The summed E-state index contributed by atoms with van der Waals surface area (Å²) in [7, 11) is 0. The minimum Gasteiger partial charge on any atom is -0.285 e. The molecule has 82 valence electrons. The molecule has 2 rings (SSSR count). The first-order valence-corrected chi connectivity index (χ1v) is 4.94. The summed E-state index contributed by atoms with van der Waals surface area (Å²) in [6.07, 6.45) is -2.18. The number of rotatable bonds is 1. The molecule has 15 heavy (non-hydrogen) atoms. The van der Waals surface area contributed by atoms with E-state index in [2.05, 4.69) is 5.32 Å².